The SMILES string of the molecule is CC1(O)CN(c2cnn(Cc3nc(CCc4ccc(Cl)cc4)no3)c(=O)c2Cl)C1. The third-order valence-electron chi connectivity index (χ3n) is 4.72. The fourth-order valence-electron chi connectivity index (χ4n) is 3.23. The van der Waals surface area contributed by atoms with Gasteiger partial charge in [0.05, 0.1) is 17.5 Å². The van der Waals surface area contributed by atoms with Crippen molar-refractivity contribution in [2.45, 2.75) is 31.9 Å². The van der Waals surface area contributed by atoms with E-state index in [9.17, 15) is 9.90 Å². The summed E-state index contributed by atoms with van der Waals surface area (Å²) in [6.45, 7) is 2.56. The number of benzene rings is 1. The van der Waals surface area contributed by atoms with Crippen molar-refractivity contribution in [2.75, 3.05) is 18.0 Å². The molecule has 0 unspecified atom stereocenters. The lowest BCUT2D eigenvalue weighted by molar-refractivity contribution is 0.0310. The number of aliphatic hydroxyl groups is 1. The first-order valence-electron chi connectivity index (χ1n) is 9.10. The summed E-state index contributed by atoms with van der Waals surface area (Å²) in [6.07, 6.45) is 2.85. The van der Waals surface area contributed by atoms with Crippen LogP contribution in [0.3, 0.4) is 0 Å². The van der Waals surface area contributed by atoms with E-state index in [0.717, 1.165) is 12.0 Å². The normalized spacial score (nSPS) is 15.4. The Balaban J connectivity index is 1.41. The van der Waals surface area contributed by atoms with Crippen molar-refractivity contribution in [2.24, 2.45) is 0 Å². The van der Waals surface area contributed by atoms with Crippen molar-refractivity contribution in [1.29, 1.82) is 0 Å². The van der Waals surface area contributed by atoms with E-state index in [-0.39, 0.29) is 17.5 Å². The van der Waals surface area contributed by atoms with Gasteiger partial charge in [-0.1, -0.05) is 40.5 Å². The summed E-state index contributed by atoms with van der Waals surface area (Å²) >= 11 is 12.1. The highest BCUT2D eigenvalue weighted by atomic mass is 35.5. The molecule has 2 aromatic heterocycles. The van der Waals surface area contributed by atoms with Gasteiger partial charge < -0.3 is 14.5 Å². The van der Waals surface area contributed by atoms with Crippen molar-refractivity contribution in [3.63, 3.8) is 0 Å². The smallest absolute Gasteiger partial charge is 0.288 e. The molecule has 0 radical (unpaired) electrons. The van der Waals surface area contributed by atoms with Gasteiger partial charge >= 0.3 is 0 Å². The molecule has 4 rings (SSSR count). The zero-order valence-corrected chi connectivity index (χ0v) is 17.2. The minimum absolute atomic E-state index is 0.0322. The Morgan fingerprint density at radius 1 is 1.21 bits per heavy atom. The zero-order chi connectivity index (χ0) is 20.6. The molecular formula is C19H19Cl2N5O3. The first-order chi connectivity index (χ1) is 13.8. The van der Waals surface area contributed by atoms with Crippen LogP contribution in [-0.2, 0) is 19.4 Å². The number of aryl methyl sites for hydroxylation is 2. The Kier molecular flexibility index (Phi) is 5.33. The fraction of sp³-hybridized carbons (Fsp3) is 0.368. The maximum absolute atomic E-state index is 12.5. The van der Waals surface area contributed by atoms with Crippen molar-refractivity contribution in [3.05, 3.63) is 68.1 Å². The van der Waals surface area contributed by atoms with Crippen LogP contribution in [0.15, 0.2) is 39.8 Å². The molecule has 152 valence electrons. The molecule has 29 heavy (non-hydrogen) atoms. The average Bonchev–Trinajstić information content (AvgIpc) is 3.11. The second-order valence-electron chi connectivity index (χ2n) is 7.39. The maximum Gasteiger partial charge on any atom is 0.288 e. The second-order valence-corrected chi connectivity index (χ2v) is 8.20. The van der Waals surface area contributed by atoms with Crippen LogP contribution in [0.1, 0.15) is 24.2 Å². The van der Waals surface area contributed by atoms with Crippen LogP contribution in [0.25, 0.3) is 0 Å². The van der Waals surface area contributed by atoms with Gasteiger partial charge in [-0.3, -0.25) is 4.79 Å². The lowest BCUT2D eigenvalue weighted by Gasteiger charge is -2.45. The maximum atomic E-state index is 12.5. The molecule has 1 aromatic carbocycles. The van der Waals surface area contributed by atoms with Crippen LogP contribution in [0.2, 0.25) is 10.0 Å². The van der Waals surface area contributed by atoms with E-state index >= 15 is 0 Å². The van der Waals surface area contributed by atoms with E-state index in [1.165, 1.54) is 10.9 Å². The number of halogens is 2. The Bertz CT molecular complexity index is 1070. The largest absolute Gasteiger partial charge is 0.386 e. The highest BCUT2D eigenvalue weighted by molar-refractivity contribution is 6.33. The third-order valence-corrected chi connectivity index (χ3v) is 5.32. The Labute approximate surface area is 176 Å². The number of anilines is 1. The van der Waals surface area contributed by atoms with Crippen LogP contribution < -0.4 is 10.5 Å². The van der Waals surface area contributed by atoms with Crippen molar-refractivity contribution in [3.8, 4) is 0 Å². The first-order valence-corrected chi connectivity index (χ1v) is 9.85. The van der Waals surface area contributed by atoms with E-state index in [2.05, 4.69) is 15.2 Å². The number of nitrogens with zero attached hydrogens (tertiary/aromatic N) is 5. The van der Waals surface area contributed by atoms with Crippen LogP contribution in [-0.4, -0.2) is 43.7 Å². The summed E-state index contributed by atoms with van der Waals surface area (Å²) in [5.41, 5.74) is 0.404. The van der Waals surface area contributed by atoms with E-state index in [1.54, 1.807) is 6.92 Å². The van der Waals surface area contributed by atoms with Gasteiger partial charge in [0.15, 0.2) is 5.82 Å². The molecule has 10 heteroatoms. The lowest BCUT2D eigenvalue weighted by Crippen LogP contribution is -2.60. The highest BCUT2D eigenvalue weighted by Gasteiger charge is 2.38. The summed E-state index contributed by atoms with van der Waals surface area (Å²) in [5.74, 6) is 0.829. The Hall–Kier alpha value is -2.42. The zero-order valence-electron chi connectivity index (χ0n) is 15.7. The van der Waals surface area contributed by atoms with Crippen molar-refractivity contribution >= 4 is 28.9 Å². The fourth-order valence-corrected chi connectivity index (χ4v) is 3.62. The van der Waals surface area contributed by atoms with Gasteiger partial charge in [-0.15, -0.1) is 0 Å². The molecule has 3 aromatic rings. The molecule has 3 heterocycles. The average molecular weight is 436 g/mol. The van der Waals surface area contributed by atoms with Gasteiger partial charge in [0.1, 0.15) is 11.6 Å². The minimum atomic E-state index is -0.773. The van der Waals surface area contributed by atoms with Crippen LogP contribution in [0.5, 0.6) is 0 Å². The van der Waals surface area contributed by atoms with Crippen LogP contribution in [0, 0.1) is 0 Å². The molecule has 0 aliphatic carbocycles. The van der Waals surface area contributed by atoms with Gasteiger partial charge in [-0.25, -0.2) is 4.68 Å². The third kappa shape index (κ3) is 4.44. The number of hydrogen-bond donors (Lipinski definition) is 1. The summed E-state index contributed by atoms with van der Waals surface area (Å²) in [5, 5.41) is 18.7. The van der Waals surface area contributed by atoms with E-state index in [1.807, 2.05) is 29.2 Å². The number of rotatable bonds is 6. The molecule has 8 nitrogen and oxygen atoms in total. The number of aromatic nitrogens is 4. The molecule has 0 bridgehead atoms. The molecule has 0 spiro atoms. The molecule has 0 amide bonds. The van der Waals surface area contributed by atoms with Gasteiger partial charge in [0.25, 0.3) is 5.56 Å². The van der Waals surface area contributed by atoms with Gasteiger partial charge in [0.2, 0.25) is 5.89 Å². The lowest BCUT2D eigenvalue weighted by atomic mass is 9.96. The molecule has 1 aliphatic rings. The Morgan fingerprint density at radius 2 is 1.93 bits per heavy atom. The van der Waals surface area contributed by atoms with E-state index in [0.29, 0.717) is 36.0 Å². The molecule has 0 saturated carbocycles. The minimum Gasteiger partial charge on any atom is -0.386 e. The van der Waals surface area contributed by atoms with Gasteiger partial charge in [-0.2, -0.15) is 10.1 Å². The van der Waals surface area contributed by atoms with Crippen LogP contribution in [0.4, 0.5) is 5.69 Å². The van der Waals surface area contributed by atoms with Gasteiger partial charge in [0, 0.05) is 24.5 Å². The molecule has 1 saturated heterocycles. The summed E-state index contributed by atoms with van der Waals surface area (Å²) in [7, 11) is 0. The van der Waals surface area contributed by atoms with E-state index in [4.69, 9.17) is 27.7 Å². The Morgan fingerprint density at radius 3 is 2.62 bits per heavy atom. The monoisotopic (exact) mass is 435 g/mol. The molecule has 1 fully saturated rings. The second kappa shape index (κ2) is 7.78. The number of hydrogen-bond acceptors (Lipinski definition) is 7. The predicted molar refractivity (Wildman–Crippen MR) is 109 cm³/mol. The summed E-state index contributed by atoms with van der Waals surface area (Å²) in [4.78, 5) is 18.7. The van der Waals surface area contributed by atoms with Crippen molar-refractivity contribution < 1.29 is 9.63 Å². The number of β-amino-alcohol motifs (C(OH)–C–C–N with tert-alkyl or cyclic N) is 1. The predicted octanol–water partition coefficient (Wildman–Crippen LogP) is 2.34. The summed E-state index contributed by atoms with van der Waals surface area (Å²) in [6, 6.07) is 7.58. The summed E-state index contributed by atoms with van der Waals surface area (Å²) < 4.78 is 6.42. The van der Waals surface area contributed by atoms with Crippen molar-refractivity contribution in [1.82, 2.24) is 19.9 Å². The van der Waals surface area contributed by atoms with Gasteiger partial charge in [-0.05, 0) is 31.0 Å². The first kappa shape index (κ1) is 19.9. The quantitative estimate of drug-likeness (QED) is 0.634. The molecule has 1 aliphatic heterocycles. The highest BCUT2D eigenvalue weighted by Crippen LogP contribution is 2.30. The van der Waals surface area contributed by atoms with E-state index < -0.39 is 11.2 Å². The molecule has 0 atom stereocenters. The standard InChI is InChI=1S/C19H19Cl2N5O3/c1-19(28)10-25(11-19)14-8-22-26(18(27)17(14)21)9-16-23-15(24-29-16)7-4-12-2-5-13(20)6-3-12/h2-3,5-6,8,28H,4,7,9-11H2,1H3. The van der Waals surface area contributed by atoms with Crippen LogP contribution >= 0.6 is 23.2 Å². The molecular weight excluding hydrogens is 417 g/mol. The molecule has 1 N–H and O–H groups in total. The topological polar surface area (TPSA) is 97.3 Å².